The Morgan fingerprint density at radius 1 is 1.13 bits per heavy atom. The molecular weight excluding hydrogens is 305 g/mol. The van der Waals surface area contributed by atoms with Gasteiger partial charge in [0, 0.05) is 0 Å². The Labute approximate surface area is 130 Å². The van der Waals surface area contributed by atoms with Gasteiger partial charge in [0.25, 0.3) is 0 Å². The Bertz CT molecular complexity index is 871. The van der Waals surface area contributed by atoms with Gasteiger partial charge in [0.15, 0.2) is 5.82 Å². The number of benzene rings is 2. The Balaban J connectivity index is 2.00. The van der Waals surface area contributed by atoms with E-state index in [1.807, 2.05) is 0 Å². The first-order valence-electron chi connectivity index (χ1n) is 6.88. The number of para-hydroxylation sites is 3. The SMILES string of the molecule is C/C(=N\Nc1ccccc1F)c1nc2ccccc2n1C(F)F. The molecule has 1 N–H and O–H groups in total. The summed E-state index contributed by atoms with van der Waals surface area (Å²) in [7, 11) is 0. The molecule has 0 atom stereocenters. The monoisotopic (exact) mass is 318 g/mol. The number of imidazole rings is 1. The third-order valence-corrected chi connectivity index (χ3v) is 3.33. The van der Waals surface area contributed by atoms with Crippen LogP contribution in [0.5, 0.6) is 0 Å². The lowest BCUT2D eigenvalue weighted by atomic mass is 10.3. The molecule has 0 fully saturated rings. The van der Waals surface area contributed by atoms with Crippen molar-refractivity contribution in [3.8, 4) is 0 Å². The second-order valence-corrected chi connectivity index (χ2v) is 4.86. The standard InChI is InChI=1S/C16H13F3N4/c1-10(21-22-12-7-3-2-6-11(12)17)15-20-13-8-4-5-9-14(13)23(15)16(18)19/h2-9,16,22H,1H3/b21-10+. The summed E-state index contributed by atoms with van der Waals surface area (Å²) in [5.74, 6) is -0.448. The van der Waals surface area contributed by atoms with E-state index in [2.05, 4.69) is 15.5 Å². The lowest BCUT2D eigenvalue weighted by molar-refractivity contribution is 0.0740. The fraction of sp³-hybridized carbons (Fsp3) is 0.125. The van der Waals surface area contributed by atoms with Crippen molar-refractivity contribution in [1.29, 1.82) is 0 Å². The Kier molecular flexibility index (Phi) is 4.01. The van der Waals surface area contributed by atoms with Crippen molar-refractivity contribution in [2.45, 2.75) is 13.5 Å². The zero-order valence-corrected chi connectivity index (χ0v) is 12.2. The molecule has 1 aromatic heterocycles. The summed E-state index contributed by atoms with van der Waals surface area (Å²) in [5.41, 5.74) is 3.69. The first kappa shape index (κ1) is 15.1. The van der Waals surface area contributed by atoms with Gasteiger partial charge in [-0.05, 0) is 31.2 Å². The summed E-state index contributed by atoms with van der Waals surface area (Å²) in [6.07, 6.45) is 0. The molecule has 0 unspecified atom stereocenters. The van der Waals surface area contributed by atoms with Gasteiger partial charge in [-0.1, -0.05) is 24.3 Å². The summed E-state index contributed by atoms with van der Waals surface area (Å²) >= 11 is 0. The number of nitrogens with one attached hydrogen (secondary N) is 1. The third kappa shape index (κ3) is 2.90. The van der Waals surface area contributed by atoms with E-state index >= 15 is 0 Å². The van der Waals surface area contributed by atoms with Gasteiger partial charge >= 0.3 is 6.55 Å². The Morgan fingerprint density at radius 2 is 1.83 bits per heavy atom. The van der Waals surface area contributed by atoms with Crippen LogP contribution in [0, 0.1) is 5.82 Å². The molecule has 0 saturated carbocycles. The maximum absolute atomic E-state index is 13.5. The number of nitrogens with zero attached hydrogens (tertiary/aromatic N) is 3. The lowest BCUT2D eigenvalue weighted by Crippen LogP contribution is -2.11. The third-order valence-electron chi connectivity index (χ3n) is 3.33. The van der Waals surface area contributed by atoms with E-state index in [-0.39, 0.29) is 17.2 Å². The molecule has 0 bridgehead atoms. The van der Waals surface area contributed by atoms with Crippen LogP contribution in [-0.4, -0.2) is 15.3 Å². The normalized spacial score (nSPS) is 12.1. The smallest absolute Gasteiger partial charge is 0.275 e. The van der Waals surface area contributed by atoms with Crippen LogP contribution in [0.2, 0.25) is 0 Å². The number of anilines is 1. The van der Waals surface area contributed by atoms with Crippen molar-refractivity contribution in [3.63, 3.8) is 0 Å². The lowest BCUT2D eigenvalue weighted by Gasteiger charge is -2.08. The predicted octanol–water partition coefficient (Wildman–Crippen LogP) is 4.41. The van der Waals surface area contributed by atoms with E-state index in [4.69, 9.17) is 0 Å². The number of hydrogen-bond donors (Lipinski definition) is 1. The minimum absolute atomic E-state index is 0.0324. The average molecular weight is 318 g/mol. The fourth-order valence-electron chi connectivity index (χ4n) is 2.24. The topological polar surface area (TPSA) is 42.2 Å². The number of rotatable bonds is 4. The summed E-state index contributed by atoms with van der Waals surface area (Å²) in [5, 5.41) is 3.97. The minimum atomic E-state index is -2.75. The van der Waals surface area contributed by atoms with Crippen LogP contribution in [0.3, 0.4) is 0 Å². The highest BCUT2D eigenvalue weighted by molar-refractivity contribution is 5.99. The zero-order valence-electron chi connectivity index (χ0n) is 12.2. The average Bonchev–Trinajstić information content (AvgIpc) is 2.93. The van der Waals surface area contributed by atoms with Crippen molar-refractivity contribution < 1.29 is 13.2 Å². The fourth-order valence-corrected chi connectivity index (χ4v) is 2.24. The predicted molar refractivity (Wildman–Crippen MR) is 83.2 cm³/mol. The summed E-state index contributed by atoms with van der Waals surface area (Å²) < 4.78 is 41.1. The van der Waals surface area contributed by atoms with Crippen LogP contribution >= 0.6 is 0 Å². The molecule has 0 saturated heterocycles. The first-order chi connectivity index (χ1) is 11.1. The van der Waals surface area contributed by atoms with E-state index in [1.54, 1.807) is 36.4 Å². The molecule has 0 radical (unpaired) electrons. The summed E-state index contributed by atoms with van der Waals surface area (Å²) in [6.45, 7) is -1.22. The number of halogens is 3. The second kappa shape index (κ2) is 6.12. The molecule has 0 aliphatic rings. The highest BCUT2D eigenvalue weighted by Crippen LogP contribution is 2.23. The van der Waals surface area contributed by atoms with Crippen LogP contribution in [-0.2, 0) is 0 Å². The summed E-state index contributed by atoms with van der Waals surface area (Å²) in [4.78, 5) is 4.19. The van der Waals surface area contributed by atoms with Gasteiger partial charge in [0.05, 0.1) is 16.7 Å². The van der Waals surface area contributed by atoms with E-state index in [1.165, 1.54) is 19.1 Å². The quantitative estimate of drug-likeness (QED) is 0.572. The van der Waals surface area contributed by atoms with Crippen LogP contribution in [0.1, 0.15) is 19.3 Å². The van der Waals surface area contributed by atoms with Crippen molar-refractivity contribution in [2.75, 3.05) is 5.43 Å². The van der Waals surface area contributed by atoms with Crippen molar-refractivity contribution in [1.82, 2.24) is 9.55 Å². The van der Waals surface area contributed by atoms with Gasteiger partial charge in [-0.25, -0.2) is 9.37 Å². The van der Waals surface area contributed by atoms with Crippen molar-refractivity contribution in [2.24, 2.45) is 5.10 Å². The molecule has 0 amide bonds. The van der Waals surface area contributed by atoms with Gasteiger partial charge in [0.2, 0.25) is 0 Å². The maximum Gasteiger partial charge on any atom is 0.320 e. The largest absolute Gasteiger partial charge is 0.320 e. The molecule has 118 valence electrons. The molecule has 0 aliphatic heterocycles. The number of aromatic nitrogens is 2. The number of fused-ring (bicyclic) bond motifs is 1. The van der Waals surface area contributed by atoms with Crippen molar-refractivity contribution in [3.05, 3.63) is 60.2 Å². The van der Waals surface area contributed by atoms with E-state index in [9.17, 15) is 13.2 Å². The van der Waals surface area contributed by atoms with Gasteiger partial charge in [0.1, 0.15) is 11.5 Å². The molecule has 1 heterocycles. The Morgan fingerprint density at radius 3 is 2.57 bits per heavy atom. The summed E-state index contributed by atoms with van der Waals surface area (Å²) in [6, 6.07) is 12.6. The second-order valence-electron chi connectivity index (χ2n) is 4.86. The van der Waals surface area contributed by atoms with Gasteiger partial charge in [-0.3, -0.25) is 9.99 Å². The molecule has 23 heavy (non-hydrogen) atoms. The molecule has 7 heteroatoms. The van der Waals surface area contributed by atoms with Crippen LogP contribution in [0.4, 0.5) is 18.9 Å². The highest BCUT2D eigenvalue weighted by atomic mass is 19.3. The molecule has 0 aliphatic carbocycles. The maximum atomic E-state index is 13.5. The molecule has 3 aromatic rings. The molecule has 3 rings (SSSR count). The number of alkyl halides is 2. The van der Waals surface area contributed by atoms with Crippen LogP contribution in [0.25, 0.3) is 11.0 Å². The minimum Gasteiger partial charge on any atom is -0.275 e. The van der Waals surface area contributed by atoms with E-state index in [0.717, 1.165) is 4.57 Å². The van der Waals surface area contributed by atoms with Gasteiger partial charge in [-0.2, -0.15) is 13.9 Å². The number of hydrazone groups is 1. The molecule has 4 nitrogen and oxygen atoms in total. The zero-order chi connectivity index (χ0) is 16.4. The molecule has 0 spiro atoms. The van der Waals surface area contributed by atoms with Crippen molar-refractivity contribution >= 4 is 22.4 Å². The Hall–Kier alpha value is -2.83. The van der Waals surface area contributed by atoms with Gasteiger partial charge < -0.3 is 0 Å². The first-order valence-corrected chi connectivity index (χ1v) is 6.88. The van der Waals surface area contributed by atoms with Gasteiger partial charge in [-0.15, -0.1) is 0 Å². The number of hydrogen-bond acceptors (Lipinski definition) is 3. The highest BCUT2D eigenvalue weighted by Gasteiger charge is 2.19. The molecular formula is C16H13F3N4. The molecule has 2 aromatic carbocycles. The van der Waals surface area contributed by atoms with Crippen LogP contribution < -0.4 is 5.43 Å². The van der Waals surface area contributed by atoms with E-state index < -0.39 is 12.4 Å². The van der Waals surface area contributed by atoms with E-state index in [0.29, 0.717) is 11.0 Å². The van der Waals surface area contributed by atoms with Crippen LogP contribution in [0.15, 0.2) is 53.6 Å².